The van der Waals surface area contributed by atoms with Crippen molar-refractivity contribution in [2.45, 2.75) is 19.3 Å². The summed E-state index contributed by atoms with van der Waals surface area (Å²) < 4.78 is 0. The van der Waals surface area contributed by atoms with Crippen molar-refractivity contribution in [3.05, 3.63) is 211 Å². The summed E-state index contributed by atoms with van der Waals surface area (Å²) >= 11 is 0. The Balaban J connectivity index is 1.25. The molecule has 0 bridgehead atoms. The average Bonchev–Trinajstić information content (AvgIpc) is 3.47. The standard InChI is InChI=1S/C53H39N/c1-53(2)49-28-16-15-25-45(49)46-34-33-40(35-50(46)53)54(39-31-29-37(30-32-39)42-22-10-9-21-41(42)36-17-5-3-6-18-36)52-48-27-14-12-24-44(48)43-23-11-13-26-47(43)51(52)38-19-7-4-8-20-38/h3-35H,1-2H3. The van der Waals surface area contributed by atoms with Crippen LogP contribution in [-0.4, -0.2) is 0 Å². The minimum Gasteiger partial charge on any atom is -0.309 e. The van der Waals surface area contributed by atoms with Crippen LogP contribution in [0.5, 0.6) is 0 Å². The van der Waals surface area contributed by atoms with E-state index in [9.17, 15) is 0 Å². The molecule has 9 aromatic rings. The molecule has 1 heteroatoms. The third-order valence-electron chi connectivity index (χ3n) is 11.5. The van der Waals surface area contributed by atoms with Gasteiger partial charge in [-0.3, -0.25) is 0 Å². The van der Waals surface area contributed by atoms with E-state index in [1.165, 1.54) is 82.9 Å². The number of rotatable bonds is 6. The fourth-order valence-corrected chi connectivity index (χ4v) is 8.88. The molecule has 9 aromatic carbocycles. The van der Waals surface area contributed by atoms with Gasteiger partial charge in [-0.1, -0.05) is 190 Å². The highest BCUT2D eigenvalue weighted by atomic mass is 15.1. The predicted octanol–water partition coefficient (Wildman–Crippen LogP) is 14.8. The first-order valence-electron chi connectivity index (χ1n) is 18.9. The Labute approximate surface area is 317 Å². The second-order valence-electron chi connectivity index (χ2n) is 14.9. The van der Waals surface area contributed by atoms with E-state index in [1.54, 1.807) is 0 Å². The summed E-state index contributed by atoms with van der Waals surface area (Å²) in [6.07, 6.45) is 0. The van der Waals surface area contributed by atoms with Crippen LogP contribution >= 0.6 is 0 Å². The van der Waals surface area contributed by atoms with Crippen molar-refractivity contribution >= 4 is 38.6 Å². The van der Waals surface area contributed by atoms with Gasteiger partial charge >= 0.3 is 0 Å². The van der Waals surface area contributed by atoms with Crippen molar-refractivity contribution in [1.29, 1.82) is 0 Å². The molecule has 1 aliphatic rings. The Kier molecular flexibility index (Phi) is 7.56. The third-order valence-corrected chi connectivity index (χ3v) is 11.5. The second-order valence-corrected chi connectivity index (χ2v) is 14.9. The molecule has 0 aromatic heterocycles. The quantitative estimate of drug-likeness (QED) is 0.157. The summed E-state index contributed by atoms with van der Waals surface area (Å²) in [6, 6.07) is 73.4. The maximum atomic E-state index is 2.52. The monoisotopic (exact) mass is 689 g/mol. The smallest absolute Gasteiger partial charge is 0.0624 e. The van der Waals surface area contributed by atoms with Crippen LogP contribution in [0.4, 0.5) is 17.1 Å². The van der Waals surface area contributed by atoms with Gasteiger partial charge in [-0.25, -0.2) is 0 Å². The lowest BCUT2D eigenvalue weighted by atomic mass is 9.82. The number of nitrogens with zero attached hydrogens (tertiary/aromatic N) is 1. The second kappa shape index (κ2) is 12.8. The highest BCUT2D eigenvalue weighted by Gasteiger charge is 2.36. The summed E-state index contributed by atoms with van der Waals surface area (Å²) in [6.45, 7) is 4.73. The minimum absolute atomic E-state index is 0.133. The van der Waals surface area contributed by atoms with Crippen LogP contribution in [0.2, 0.25) is 0 Å². The zero-order valence-corrected chi connectivity index (χ0v) is 30.5. The molecule has 0 saturated heterocycles. The van der Waals surface area contributed by atoms with Gasteiger partial charge in [0.1, 0.15) is 0 Å². The van der Waals surface area contributed by atoms with Crippen molar-refractivity contribution < 1.29 is 0 Å². The van der Waals surface area contributed by atoms with E-state index >= 15 is 0 Å². The summed E-state index contributed by atoms with van der Waals surface area (Å²) in [5.41, 5.74) is 16.0. The summed E-state index contributed by atoms with van der Waals surface area (Å²) in [5, 5.41) is 4.96. The molecule has 0 N–H and O–H groups in total. The van der Waals surface area contributed by atoms with Gasteiger partial charge < -0.3 is 4.90 Å². The lowest BCUT2D eigenvalue weighted by Gasteiger charge is -2.32. The molecule has 0 atom stereocenters. The number of benzene rings is 9. The van der Waals surface area contributed by atoms with E-state index in [-0.39, 0.29) is 5.41 Å². The van der Waals surface area contributed by atoms with Crippen molar-refractivity contribution in [2.24, 2.45) is 0 Å². The van der Waals surface area contributed by atoms with Gasteiger partial charge in [0.05, 0.1) is 5.69 Å². The summed E-state index contributed by atoms with van der Waals surface area (Å²) in [4.78, 5) is 2.52. The fraction of sp³-hybridized carbons (Fsp3) is 0.0566. The van der Waals surface area contributed by atoms with Crippen LogP contribution in [0.25, 0.3) is 66.1 Å². The Morgan fingerprint density at radius 3 is 1.46 bits per heavy atom. The molecule has 10 rings (SSSR count). The zero-order valence-electron chi connectivity index (χ0n) is 30.5. The minimum atomic E-state index is -0.133. The fourth-order valence-electron chi connectivity index (χ4n) is 8.88. The van der Waals surface area contributed by atoms with Gasteiger partial charge in [0.25, 0.3) is 0 Å². The number of hydrogen-bond acceptors (Lipinski definition) is 1. The molecule has 0 fully saturated rings. The zero-order chi connectivity index (χ0) is 36.2. The average molecular weight is 690 g/mol. The van der Waals surface area contributed by atoms with Gasteiger partial charge in [0, 0.05) is 27.7 Å². The predicted molar refractivity (Wildman–Crippen MR) is 230 cm³/mol. The molecule has 256 valence electrons. The number of fused-ring (bicyclic) bond motifs is 6. The lowest BCUT2D eigenvalue weighted by molar-refractivity contribution is 0.660. The molecule has 1 aliphatic carbocycles. The van der Waals surface area contributed by atoms with E-state index in [0.717, 1.165) is 11.4 Å². The van der Waals surface area contributed by atoms with Gasteiger partial charge in [-0.2, -0.15) is 0 Å². The van der Waals surface area contributed by atoms with Gasteiger partial charge in [0.2, 0.25) is 0 Å². The summed E-state index contributed by atoms with van der Waals surface area (Å²) in [7, 11) is 0. The molecule has 0 aliphatic heterocycles. The molecule has 0 amide bonds. The van der Waals surface area contributed by atoms with Gasteiger partial charge in [-0.15, -0.1) is 0 Å². The van der Waals surface area contributed by atoms with Crippen molar-refractivity contribution in [1.82, 2.24) is 0 Å². The van der Waals surface area contributed by atoms with Crippen LogP contribution in [0.3, 0.4) is 0 Å². The first-order valence-corrected chi connectivity index (χ1v) is 18.9. The number of hydrogen-bond donors (Lipinski definition) is 0. The van der Waals surface area contributed by atoms with Crippen LogP contribution < -0.4 is 4.90 Å². The van der Waals surface area contributed by atoms with Crippen molar-refractivity contribution in [3.63, 3.8) is 0 Å². The summed E-state index contributed by atoms with van der Waals surface area (Å²) in [5.74, 6) is 0. The molecule has 0 unspecified atom stereocenters. The highest BCUT2D eigenvalue weighted by molar-refractivity contribution is 6.22. The maximum absolute atomic E-state index is 2.52. The topological polar surface area (TPSA) is 3.24 Å². The van der Waals surface area contributed by atoms with Gasteiger partial charge in [0.15, 0.2) is 0 Å². The molecule has 0 spiro atoms. The van der Waals surface area contributed by atoms with Gasteiger partial charge in [-0.05, 0) is 90.5 Å². The molecular weight excluding hydrogens is 651 g/mol. The molecule has 0 saturated carbocycles. The molecule has 0 radical (unpaired) electrons. The van der Waals surface area contributed by atoms with E-state index in [0.29, 0.717) is 0 Å². The molecule has 54 heavy (non-hydrogen) atoms. The molecular formula is C53H39N. The van der Waals surface area contributed by atoms with Crippen molar-refractivity contribution in [3.8, 4) is 44.5 Å². The Bertz CT molecular complexity index is 2830. The van der Waals surface area contributed by atoms with E-state index in [4.69, 9.17) is 0 Å². The van der Waals surface area contributed by atoms with Crippen LogP contribution in [0.15, 0.2) is 200 Å². The molecule has 1 nitrogen and oxygen atoms in total. The first kappa shape index (κ1) is 32.0. The largest absolute Gasteiger partial charge is 0.309 e. The Hall–Kier alpha value is -6.70. The third kappa shape index (κ3) is 5.08. The Morgan fingerprint density at radius 2 is 0.796 bits per heavy atom. The first-order chi connectivity index (χ1) is 26.6. The van der Waals surface area contributed by atoms with E-state index < -0.39 is 0 Å². The molecule has 0 heterocycles. The van der Waals surface area contributed by atoms with Crippen LogP contribution in [-0.2, 0) is 5.41 Å². The highest BCUT2D eigenvalue weighted by Crippen LogP contribution is 2.53. The lowest BCUT2D eigenvalue weighted by Crippen LogP contribution is -2.17. The van der Waals surface area contributed by atoms with E-state index in [1.807, 2.05) is 0 Å². The Morgan fingerprint density at radius 1 is 0.333 bits per heavy atom. The number of anilines is 3. The SMILES string of the molecule is CC1(C)c2ccccc2-c2ccc(N(c3ccc(-c4ccccc4-c4ccccc4)cc3)c3c(-c4ccccc4)c4ccccc4c4ccccc34)cc21. The van der Waals surface area contributed by atoms with Crippen LogP contribution in [0, 0.1) is 0 Å². The van der Waals surface area contributed by atoms with Crippen LogP contribution in [0.1, 0.15) is 25.0 Å². The maximum Gasteiger partial charge on any atom is 0.0624 e. The van der Waals surface area contributed by atoms with E-state index in [2.05, 4.69) is 219 Å². The van der Waals surface area contributed by atoms with Crippen molar-refractivity contribution in [2.75, 3.05) is 4.90 Å². The normalized spacial score (nSPS) is 12.8.